The second kappa shape index (κ2) is 5.10. The molecule has 4 heteroatoms. The minimum absolute atomic E-state index is 0.116. The first-order valence-corrected chi connectivity index (χ1v) is 7.97. The highest BCUT2D eigenvalue weighted by atomic mass is 79.9. The fraction of sp³-hybridized carbons (Fsp3) is 0.267. The summed E-state index contributed by atoms with van der Waals surface area (Å²) in [5, 5.41) is 2.12. The van der Waals surface area contributed by atoms with E-state index in [1.165, 1.54) is 10.4 Å². The molecule has 0 bridgehead atoms. The maximum atomic E-state index is 12.6. The molecule has 1 amide bonds. The van der Waals surface area contributed by atoms with Crippen LogP contribution in [0.15, 0.2) is 40.2 Å². The van der Waals surface area contributed by atoms with Crippen molar-refractivity contribution in [3.63, 3.8) is 0 Å². The molecule has 0 radical (unpaired) electrons. The van der Waals surface area contributed by atoms with Crippen molar-refractivity contribution < 1.29 is 4.79 Å². The first-order chi connectivity index (χ1) is 9.16. The molecule has 0 unspecified atom stereocenters. The van der Waals surface area contributed by atoms with E-state index in [0.29, 0.717) is 0 Å². The summed E-state index contributed by atoms with van der Waals surface area (Å²) in [6.07, 6.45) is 0.969. The second-order valence-electron chi connectivity index (χ2n) is 4.73. The molecule has 1 atom stereocenters. The topological polar surface area (TPSA) is 20.3 Å². The first-order valence-electron chi connectivity index (χ1n) is 6.29. The Balaban J connectivity index is 1.90. The number of amides is 1. The molecule has 1 aromatic carbocycles. The Labute approximate surface area is 125 Å². The number of carbonyl (C=O) groups is 1. The van der Waals surface area contributed by atoms with E-state index in [2.05, 4.69) is 34.3 Å². The minimum Gasteiger partial charge on any atom is -0.331 e. The number of benzene rings is 1. The van der Waals surface area contributed by atoms with Crippen LogP contribution in [0.1, 0.15) is 33.8 Å². The van der Waals surface area contributed by atoms with Gasteiger partial charge in [-0.1, -0.05) is 22.0 Å². The number of hydrogen-bond donors (Lipinski definition) is 0. The van der Waals surface area contributed by atoms with E-state index >= 15 is 0 Å². The molecule has 1 aromatic heterocycles. The van der Waals surface area contributed by atoms with Crippen LogP contribution >= 0.6 is 27.3 Å². The number of halogens is 1. The molecule has 0 N–H and O–H groups in total. The van der Waals surface area contributed by atoms with Crippen LogP contribution in [0, 0.1) is 0 Å². The molecule has 2 nitrogen and oxygen atoms in total. The summed E-state index contributed by atoms with van der Waals surface area (Å²) >= 11 is 5.22. The monoisotopic (exact) mass is 335 g/mol. The molecule has 2 heterocycles. The molecule has 3 rings (SSSR count). The summed E-state index contributed by atoms with van der Waals surface area (Å²) in [5.74, 6) is 0.116. The Morgan fingerprint density at radius 3 is 3.05 bits per heavy atom. The van der Waals surface area contributed by atoms with Gasteiger partial charge in [0.25, 0.3) is 5.91 Å². The van der Waals surface area contributed by atoms with Crippen molar-refractivity contribution in [2.45, 2.75) is 19.4 Å². The van der Waals surface area contributed by atoms with Crippen LogP contribution < -0.4 is 0 Å². The van der Waals surface area contributed by atoms with Gasteiger partial charge in [0.2, 0.25) is 0 Å². The molecule has 19 heavy (non-hydrogen) atoms. The zero-order chi connectivity index (χ0) is 13.4. The van der Waals surface area contributed by atoms with Crippen LogP contribution in [-0.2, 0) is 6.42 Å². The van der Waals surface area contributed by atoms with E-state index < -0.39 is 0 Å². The molecule has 2 aromatic rings. The summed E-state index contributed by atoms with van der Waals surface area (Å²) in [6.45, 7) is 2.92. The maximum Gasteiger partial charge on any atom is 0.254 e. The van der Waals surface area contributed by atoms with E-state index in [-0.39, 0.29) is 11.9 Å². The molecule has 0 saturated carbocycles. The molecule has 1 aliphatic heterocycles. The third-order valence-corrected chi connectivity index (χ3v) is 5.10. The average molecular weight is 336 g/mol. The van der Waals surface area contributed by atoms with Gasteiger partial charge >= 0.3 is 0 Å². The van der Waals surface area contributed by atoms with E-state index in [1.807, 2.05) is 29.2 Å². The van der Waals surface area contributed by atoms with Crippen LogP contribution in [0.25, 0.3) is 0 Å². The largest absolute Gasteiger partial charge is 0.331 e. The Morgan fingerprint density at radius 1 is 1.42 bits per heavy atom. The quantitative estimate of drug-likeness (QED) is 0.762. The van der Waals surface area contributed by atoms with Gasteiger partial charge in [0, 0.05) is 21.5 Å². The summed E-state index contributed by atoms with van der Waals surface area (Å²) in [5.41, 5.74) is 2.06. The van der Waals surface area contributed by atoms with Gasteiger partial charge in [0.05, 0.1) is 6.04 Å². The zero-order valence-electron chi connectivity index (χ0n) is 10.6. The van der Waals surface area contributed by atoms with Gasteiger partial charge in [-0.15, -0.1) is 11.3 Å². The number of carbonyl (C=O) groups excluding carboxylic acids is 1. The van der Waals surface area contributed by atoms with E-state index in [4.69, 9.17) is 0 Å². The number of thiophene rings is 1. The van der Waals surface area contributed by atoms with Crippen molar-refractivity contribution >= 4 is 33.2 Å². The molecule has 0 aliphatic carbocycles. The SMILES string of the molecule is C[C@H]1c2ccsc2CCN1C(=O)c1cccc(Br)c1. The minimum atomic E-state index is 0.116. The molecule has 1 aliphatic rings. The summed E-state index contributed by atoms with van der Waals surface area (Å²) in [6, 6.07) is 9.92. The van der Waals surface area contributed by atoms with Crippen LogP contribution in [0.2, 0.25) is 0 Å². The van der Waals surface area contributed by atoms with Crippen LogP contribution in [0.3, 0.4) is 0 Å². The van der Waals surface area contributed by atoms with Crippen molar-refractivity contribution in [2.24, 2.45) is 0 Å². The Hall–Kier alpha value is -1.13. The van der Waals surface area contributed by atoms with Crippen LogP contribution in [0.5, 0.6) is 0 Å². The number of rotatable bonds is 1. The Kier molecular flexibility index (Phi) is 3.46. The summed E-state index contributed by atoms with van der Waals surface area (Å²) in [7, 11) is 0. The lowest BCUT2D eigenvalue weighted by molar-refractivity contribution is 0.0679. The highest BCUT2D eigenvalue weighted by Gasteiger charge is 2.28. The number of fused-ring (bicyclic) bond motifs is 1. The van der Waals surface area contributed by atoms with Crippen LogP contribution in [0.4, 0.5) is 0 Å². The highest BCUT2D eigenvalue weighted by Crippen LogP contribution is 2.33. The number of nitrogens with zero attached hydrogens (tertiary/aromatic N) is 1. The first kappa shape index (κ1) is 12.9. The number of hydrogen-bond acceptors (Lipinski definition) is 2. The molecule has 0 spiro atoms. The van der Waals surface area contributed by atoms with Crippen molar-refractivity contribution in [3.8, 4) is 0 Å². The van der Waals surface area contributed by atoms with E-state index in [9.17, 15) is 4.79 Å². The molecule has 0 fully saturated rings. The fourth-order valence-corrected chi connectivity index (χ4v) is 3.94. The van der Waals surface area contributed by atoms with E-state index in [0.717, 1.165) is 23.0 Å². The smallest absolute Gasteiger partial charge is 0.254 e. The van der Waals surface area contributed by atoms with E-state index in [1.54, 1.807) is 11.3 Å². The lowest BCUT2D eigenvalue weighted by atomic mass is 10.0. The standard InChI is InChI=1S/C15H14BrNOS/c1-10-13-6-8-19-14(13)5-7-17(10)15(18)11-3-2-4-12(16)9-11/h2-4,6,8-10H,5,7H2,1H3/t10-/m0/s1. The maximum absolute atomic E-state index is 12.6. The van der Waals surface area contributed by atoms with Gasteiger partial charge in [-0.2, -0.15) is 0 Å². The van der Waals surface area contributed by atoms with Gasteiger partial charge in [-0.05, 0) is 48.6 Å². The van der Waals surface area contributed by atoms with Crippen molar-refractivity contribution in [2.75, 3.05) is 6.54 Å². The fourth-order valence-electron chi connectivity index (χ4n) is 2.57. The second-order valence-corrected chi connectivity index (χ2v) is 6.65. The average Bonchev–Trinajstić information content (AvgIpc) is 2.88. The lowest BCUT2D eigenvalue weighted by Crippen LogP contribution is -2.38. The molecular formula is C15H14BrNOS. The highest BCUT2D eigenvalue weighted by molar-refractivity contribution is 9.10. The van der Waals surface area contributed by atoms with Crippen molar-refractivity contribution in [1.82, 2.24) is 4.90 Å². The third kappa shape index (κ3) is 2.35. The molecule has 98 valence electrons. The van der Waals surface area contributed by atoms with Gasteiger partial charge in [-0.3, -0.25) is 4.79 Å². The van der Waals surface area contributed by atoms with Gasteiger partial charge in [0.15, 0.2) is 0 Å². The summed E-state index contributed by atoms with van der Waals surface area (Å²) in [4.78, 5) is 16.0. The van der Waals surface area contributed by atoms with Gasteiger partial charge in [-0.25, -0.2) is 0 Å². The third-order valence-electron chi connectivity index (χ3n) is 3.61. The Morgan fingerprint density at radius 2 is 2.26 bits per heavy atom. The van der Waals surface area contributed by atoms with Gasteiger partial charge in [0.1, 0.15) is 0 Å². The van der Waals surface area contributed by atoms with Crippen molar-refractivity contribution in [1.29, 1.82) is 0 Å². The van der Waals surface area contributed by atoms with Gasteiger partial charge < -0.3 is 4.90 Å². The molecule has 0 saturated heterocycles. The molecular weight excluding hydrogens is 322 g/mol. The predicted molar refractivity (Wildman–Crippen MR) is 81.6 cm³/mol. The Bertz CT molecular complexity index is 622. The van der Waals surface area contributed by atoms with Crippen molar-refractivity contribution in [3.05, 3.63) is 56.2 Å². The zero-order valence-corrected chi connectivity index (χ0v) is 13.0. The summed E-state index contributed by atoms with van der Waals surface area (Å²) < 4.78 is 0.944. The normalized spacial score (nSPS) is 18.2. The lowest BCUT2D eigenvalue weighted by Gasteiger charge is -2.33. The predicted octanol–water partition coefficient (Wildman–Crippen LogP) is 4.27. The van der Waals surface area contributed by atoms with Crippen LogP contribution in [-0.4, -0.2) is 17.4 Å².